The zero-order valence-corrected chi connectivity index (χ0v) is 12.2. The molecule has 0 spiro atoms. The lowest BCUT2D eigenvalue weighted by atomic mass is 10.2. The van der Waals surface area contributed by atoms with E-state index in [9.17, 15) is 0 Å². The quantitative estimate of drug-likeness (QED) is 0.684. The number of hydrogen-bond donors (Lipinski definition) is 1. The van der Waals surface area contributed by atoms with Crippen molar-refractivity contribution >= 4 is 11.6 Å². The molecule has 102 valence electrons. The van der Waals surface area contributed by atoms with Crippen LogP contribution in [0.25, 0.3) is 0 Å². The third kappa shape index (κ3) is 6.39. The minimum Gasteiger partial charge on any atom is -0.372 e. The monoisotopic (exact) mass is 269 g/mol. The van der Waals surface area contributed by atoms with E-state index in [-0.39, 0.29) is 6.10 Å². The van der Waals surface area contributed by atoms with Crippen molar-refractivity contribution in [3.8, 4) is 0 Å². The zero-order chi connectivity index (χ0) is 13.2. The first-order chi connectivity index (χ1) is 8.74. The van der Waals surface area contributed by atoms with Gasteiger partial charge in [0.05, 0.1) is 12.7 Å². The van der Waals surface area contributed by atoms with Gasteiger partial charge in [0.1, 0.15) is 0 Å². The smallest absolute Gasteiger partial charge is 0.0735 e. The second kappa shape index (κ2) is 9.37. The maximum absolute atomic E-state index is 6.07. The summed E-state index contributed by atoms with van der Waals surface area (Å²) in [6.07, 6.45) is 4.01. The van der Waals surface area contributed by atoms with Gasteiger partial charge in [-0.3, -0.25) is 0 Å². The molecule has 0 heterocycles. The molecule has 1 aromatic rings. The first-order valence-electron chi connectivity index (χ1n) is 6.79. The van der Waals surface area contributed by atoms with E-state index in [4.69, 9.17) is 16.3 Å². The van der Waals surface area contributed by atoms with Crippen LogP contribution in [-0.2, 0) is 11.3 Å². The van der Waals surface area contributed by atoms with Crippen LogP contribution in [0, 0.1) is 0 Å². The van der Waals surface area contributed by atoms with Crippen molar-refractivity contribution in [1.29, 1.82) is 0 Å². The highest BCUT2D eigenvalue weighted by molar-refractivity contribution is 6.31. The molecule has 0 saturated heterocycles. The minimum absolute atomic E-state index is 0.211. The summed E-state index contributed by atoms with van der Waals surface area (Å²) in [5.74, 6) is 0. The highest BCUT2D eigenvalue weighted by Gasteiger charge is 2.04. The summed E-state index contributed by atoms with van der Waals surface area (Å²) in [5, 5.41) is 4.19. The van der Waals surface area contributed by atoms with Crippen LogP contribution >= 0.6 is 11.6 Å². The van der Waals surface area contributed by atoms with Gasteiger partial charge in [0.15, 0.2) is 0 Å². The Kier molecular flexibility index (Phi) is 8.06. The Morgan fingerprint density at radius 2 is 2.06 bits per heavy atom. The molecule has 0 aliphatic carbocycles. The van der Waals surface area contributed by atoms with Gasteiger partial charge in [0, 0.05) is 11.6 Å². The maximum atomic E-state index is 6.07. The molecule has 0 saturated carbocycles. The summed E-state index contributed by atoms with van der Waals surface area (Å²) in [7, 11) is 0. The first-order valence-corrected chi connectivity index (χ1v) is 7.17. The molecule has 3 heteroatoms. The molecule has 0 amide bonds. The minimum atomic E-state index is 0.211. The van der Waals surface area contributed by atoms with Crippen LogP contribution in [0.1, 0.15) is 38.7 Å². The third-order valence-corrected chi connectivity index (χ3v) is 3.24. The van der Waals surface area contributed by atoms with Gasteiger partial charge < -0.3 is 10.1 Å². The summed E-state index contributed by atoms with van der Waals surface area (Å²) >= 11 is 6.07. The molecular weight excluding hydrogens is 246 g/mol. The topological polar surface area (TPSA) is 21.3 Å². The van der Waals surface area contributed by atoms with Crippen LogP contribution in [0.5, 0.6) is 0 Å². The molecule has 0 aromatic heterocycles. The van der Waals surface area contributed by atoms with E-state index in [1.54, 1.807) is 0 Å². The fraction of sp³-hybridized carbons (Fsp3) is 0.600. The van der Waals surface area contributed by atoms with E-state index in [1.807, 2.05) is 24.3 Å². The van der Waals surface area contributed by atoms with Crippen LogP contribution in [0.15, 0.2) is 24.3 Å². The van der Waals surface area contributed by atoms with Crippen molar-refractivity contribution in [3.05, 3.63) is 34.9 Å². The second-order valence-electron chi connectivity index (χ2n) is 4.62. The van der Waals surface area contributed by atoms with Gasteiger partial charge in [-0.25, -0.2) is 0 Å². The van der Waals surface area contributed by atoms with Crippen molar-refractivity contribution in [2.24, 2.45) is 0 Å². The largest absolute Gasteiger partial charge is 0.372 e. The number of halogens is 1. The molecule has 0 fully saturated rings. The van der Waals surface area contributed by atoms with Gasteiger partial charge in [0.2, 0.25) is 0 Å². The fourth-order valence-electron chi connectivity index (χ4n) is 1.71. The maximum Gasteiger partial charge on any atom is 0.0735 e. The Balaban J connectivity index is 2.13. The number of hydrogen-bond acceptors (Lipinski definition) is 2. The summed E-state index contributed by atoms with van der Waals surface area (Å²) in [4.78, 5) is 0. The Morgan fingerprint density at radius 1 is 1.28 bits per heavy atom. The highest BCUT2D eigenvalue weighted by atomic mass is 35.5. The van der Waals surface area contributed by atoms with Crippen LogP contribution in [0.3, 0.4) is 0 Å². The molecular formula is C15H24ClNO. The van der Waals surface area contributed by atoms with Crippen molar-refractivity contribution in [3.63, 3.8) is 0 Å². The van der Waals surface area contributed by atoms with E-state index in [2.05, 4.69) is 19.2 Å². The number of nitrogens with one attached hydrogen (secondary N) is 1. The third-order valence-electron chi connectivity index (χ3n) is 2.87. The van der Waals surface area contributed by atoms with Gasteiger partial charge in [0.25, 0.3) is 0 Å². The summed E-state index contributed by atoms with van der Waals surface area (Å²) in [5.41, 5.74) is 1.05. The van der Waals surface area contributed by atoms with Crippen molar-refractivity contribution in [1.82, 2.24) is 5.32 Å². The lowest BCUT2D eigenvalue weighted by molar-refractivity contribution is 0.0533. The molecule has 1 N–H and O–H groups in total. The normalized spacial score (nSPS) is 12.6. The molecule has 0 radical (unpaired) electrons. The van der Waals surface area contributed by atoms with E-state index in [1.165, 1.54) is 19.3 Å². The van der Waals surface area contributed by atoms with Crippen LogP contribution in [0.4, 0.5) is 0 Å². The highest BCUT2D eigenvalue weighted by Crippen LogP contribution is 2.16. The Bertz CT molecular complexity index is 330. The van der Waals surface area contributed by atoms with E-state index in [0.29, 0.717) is 6.61 Å². The standard InChI is InChI=1S/C15H24ClNO/c1-3-4-7-10-17-11-13(2)18-12-14-8-5-6-9-15(14)16/h5-6,8-9,13,17H,3-4,7,10-12H2,1-2H3. The van der Waals surface area contributed by atoms with Crippen LogP contribution in [-0.4, -0.2) is 19.2 Å². The lowest BCUT2D eigenvalue weighted by Crippen LogP contribution is -2.27. The Labute approximate surface area is 116 Å². The number of ether oxygens (including phenoxy) is 1. The van der Waals surface area contributed by atoms with E-state index >= 15 is 0 Å². The van der Waals surface area contributed by atoms with Crippen molar-refractivity contribution in [2.75, 3.05) is 13.1 Å². The molecule has 1 atom stereocenters. The molecule has 1 aromatic carbocycles. The predicted octanol–water partition coefficient (Wildman–Crippen LogP) is 4.02. The lowest BCUT2D eigenvalue weighted by Gasteiger charge is -2.14. The molecule has 0 aliphatic heterocycles. The van der Waals surface area contributed by atoms with Crippen molar-refractivity contribution in [2.45, 2.75) is 45.8 Å². The van der Waals surface area contributed by atoms with Gasteiger partial charge in [-0.1, -0.05) is 49.6 Å². The Morgan fingerprint density at radius 3 is 2.78 bits per heavy atom. The molecule has 18 heavy (non-hydrogen) atoms. The fourth-order valence-corrected chi connectivity index (χ4v) is 1.90. The second-order valence-corrected chi connectivity index (χ2v) is 5.03. The predicted molar refractivity (Wildman–Crippen MR) is 78.1 cm³/mol. The molecule has 1 unspecified atom stereocenters. The Hall–Kier alpha value is -0.570. The summed E-state index contributed by atoms with van der Waals surface area (Å²) in [6, 6.07) is 7.82. The van der Waals surface area contributed by atoms with Gasteiger partial charge in [-0.15, -0.1) is 0 Å². The number of benzene rings is 1. The average molecular weight is 270 g/mol. The molecule has 1 rings (SSSR count). The SMILES string of the molecule is CCCCCNCC(C)OCc1ccccc1Cl. The number of unbranched alkanes of at least 4 members (excludes halogenated alkanes) is 2. The first kappa shape index (κ1) is 15.5. The van der Waals surface area contributed by atoms with E-state index in [0.717, 1.165) is 23.7 Å². The van der Waals surface area contributed by atoms with Crippen molar-refractivity contribution < 1.29 is 4.74 Å². The van der Waals surface area contributed by atoms with Gasteiger partial charge in [-0.2, -0.15) is 0 Å². The number of rotatable bonds is 9. The van der Waals surface area contributed by atoms with E-state index < -0.39 is 0 Å². The van der Waals surface area contributed by atoms with Crippen LogP contribution < -0.4 is 5.32 Å². The van der Waals surface area contributed by atoms with Gasteiger partial charge in [-0.05, 0) is 31.5 Å². The molecule has 0 aliphatic rings. The van der Waals surface area contributed by atoms with Crippen LogP contribution in [0.2, 0.25) is 5.02 Å². The van der Waals surface area contributed by atoms with Gasteiger partial charge >= 0.3 is 0 Å². The summed E-state index contributed by atoms with van der Waals surface area (Å²) < 4.78 is 5.77. The average Bonchev–Trinajstić information content (AvgIpc) is 2.37. The molecule has 0 bridgehead atoms. The molecule has 2 nitrogen and oxygen atoms in total. The zero-order valence-electron chi connectivity index (χ0n) is 11.4. The summed E-state index contributed by atoms with van der Waals surface area (Å²) in [6.45, 7) is 6.86.